The fraction of sp³-hybridized carbons (Fsp3) is 0.375. The summed E-state index contributed by atoms with van der Waals surface area (Å²) >= 11 is 0. The van der Waals surface area contributed by atoms with Crippen LogP contribution < -0.4 is 10.2 Å². The molecule has 6 nitrogen and oxygen atoms in total. The zero-order valence-corrected chi connectivity index (χ0v) is 8.33. The van der Waals surface area contributed by atoms with E-state index in [1.165, 1.54) is 6.33 Å². The first kappa shape index (κ1) is 8.89. The van der Waals surface area contributed by atoms with E-state index >= 15 is 0 Å². The van der Waals surface area contributed by atoms with Gasteiger partial charge >= 0.3 is 5.69 Å². The summed E-state index contributed by atoms with van der Waals surface area (Å²) in [5, 5.41) is 0. The molecule has 0 amide bonds. The summed E-state index contributed by atoms with van der Waals surface area (Å²) in [6.07, 6.45) is 1.45. The van der Waals surface area contributed by atoms with Crippen molar-refractivity contribution in [2.75, 3.05) is 21.1 Å². The molecule has 2 N–H and O–H groups in total. The zero-order chi connectivity index (χ0) is 10.3. The van der Waals surface area contributed by atoms with E-state index < -0.39 is 0 Å². The Morgan fingerprint density at radius 1 is 1.21 bits per heavy atom. The third kappa shape index (κ3) is 1.29. The number of aromatic amines is 2. The molecule has 2 heterocycles. The maximum Gasteiger partial charge on any atom is 0.325 e. The number of rotatable bonds is 1. The van der Waals surface area contributed by atoms with Crippen LogP contribution in [0.1, 0.15) is 0 Å². The van der Waals surface area contributed by atoms with Crippen LogP contribution in [0.5, 0.6) is 0 Å². The molecule has 0 bridgehead atoms. The van der Waals surface area contributed by atoms with Crippen molar-refractivity contribution in [3.05, 3.63) is 16.8 Å². The van der Waals surface area contributed by atoms with Crippen molar-refractivity contribution in [3.63, 3.8) is 0 Å². The highest BCUT2D eigenvalue weighted by atomic mass is 16.1. The number of H-pyrrole nitrogens is 2. The number of nitrogens with zero attached hydrogens (tertiary/aromatic N) is 3. The number of fused-ring (bicyclic) bond motifs is 1. The van der Waals surface area contributed by atoms with E-state index in [2.05, 4.69) is 19.9 Å². The van der Waals surface area contributed by atoms with Gasteiger partial charge in [0, 0.05) is 0 Å². The van der Waals surface area contributed by atoms with E-state index in [4.69, 9.17) is 0 Å². The van der Waals surface area contributed by atoms with Crippen LogP contribution >= 0.6 is 0 Å². The monoisotopic (exact) mass is 194 g/mol. The van der Waals surface area contributed by atoms with Crippen molar-refractivity contribution in [3.8, 4) is 0 Å². The van der Waals surface area contributed by atoms with Gasteiger partial charge < -0.3 is 0 Å². The van der Waals surface area contributed by atoms with Crippen molar-refractivity contribution in [1.29, 1.82) is 0 Å². The molecule has 0 unspecified atom stereocenters. The van der Waals surface area contributed by atoms with Crippen LogP contribution in [0.2, 0.25) is 0 Å². The average molecular weight is 194 g/mol. The van der Waals surface area contributed by atoms with Gasteiger partial charge in [0.25, 0.3) is 5.82 Å². The van der Waals surface area contributed by atoms with Crippen LogP contribution in [0.3, 0.4) is 0 Å². The third-order valence-corrected chi connectivity index (χ3v) is 1.93. The smallest absolute Gasteiger partial charge is 0.298 e. The van der Waals surface area contributed by atoms with Crippen LogP contribution in [-0.2, 0) is 0 Å². The van der Waals surface area contributed by atoms with E-state index in [-0.39, 0.29) is 5.69 Å². The normalized spacial score (nSPS) is 12.2. The molecule has 0 spiro atoms. The summed E-state index contributed by atoms with van der Waals surface area (Å²) < 4.78 is 0.535. The molecule has 0 fully saturated rings. The van der Waals surface area contributed by atoms with E-state index in [0.717, 1.165) is 5.82 Å². The Balaban J connectivity index is 2.83. The second-order valence-electron chi connectivity index (χ2n) is 4.01. The minimum Gasteiger partial charge on any atom is -0.298 e. The molecule has 0 saturated heterocycles. The Hall–Kier alpha value is -1.69. The Morgan fingerprint density at radius 2 is 1.93 bits per heavy atom. The highest BCUT2D eigenvalue weighted by Gasteiger charge is 2.20. The van der Waals surface area contributed by atoms with Gasteiger partial charge in [0.15, 0.2) is 11.2 Å². The molecular formula is C8H12N5O+. The van der Waals surface area contributed by atoms with Crippen LogP contribution in [-0.4, -0.2) is 41.1 Å². The molecule has 0 aromatic carbocycles. The maximum atomic E-state index is 11.1. The Morgan fingerprint density at radius 3 is 2.57 bits per heavy atom. The molecule has 0 aliphatic rings. The highest BCUT2D eigenvalue weighted by Crippen LogP contribution is 2.19. The third-order valence-electron chi connectivity index (χ3n) is 1.93. The molecular weight excluding hydrogens is 182 g/mol. The van der Waals surface area contributed by atoms with Gasteiger partial charge in [-0.15, -0.1) is 0 Å². The molecule has 0 radical (unpaired) electrons. The van der Waals surface area contributed by atoms with Gasteiger partial charge in [-0.25, -0.2) is 9.78 Å². The van der Waals surface area contributed by atoms with Crippen LogP contribution in [0.15, 0.2) is 11.1 Å². The van der Waals surface area contributed by atoms with Crippen molar-refractivity contribution in [2.45, 2.75) is 0 Å². The summed E-state index contributed by atoms with van der Waals surface area (Å²) in [6, 6.07) is 0. The van der Waals surface area contributed by atoms with Crippen molar-refractivity contribution < 1.29 is 0 Å². The van der Waals surface area contributed by atoms with Gasteiger partial charge in [-0.05, 0) is 0 Å². The van der Waals surface area contributed by atoms with Crippen molar-refractivity contribution in [2.24, 2.45) is 0 Å². The Bertz CT molecular complexity index is 518. The lowest BCUT2D eigenvalue weighted by molar-refractivity contribution is 0.476. The molecule has 74 valence electrons. The number of aromatic nitrogens is 4. The first-order valence-corrected chi connectivity index (χ1v) is 4.23. The SMILES string of the molecule is C[N+](C)(C)c1ncnc2[nH]c(=O)[nH]c12. The minimum absolute atomic E-state index is 0.254. The predicted molar refractivity (Wildman–Crippen MR) is 54.1 cm³/mol. The van der Waals surface area contributed by atoms with Crippen LogP contribution in [0.4, 0.5) is 5.82 Å². The Kier molecular flexibility index (Phi) is 1.68. The first-order chi connectivity index (χ1) is 6.48. The lowest BCUT2D eigenvalue weighted by Crippen LogP contribution is -2.36. The summed E-state index contributed by atoms with van der Waals surface area (Å²) in [5.74, 6) is 0.786. The van der Waals surface area contributed by atoms with E-state index in [1.54, 1.807) is 0 Å². The average Bonchev–Trinajstić information content (AvgIpc) is 2.41. The number of quaternary nitrogens is 1. The lowest BCUT2D eigenvalue weighted by atomic mass is 10.4. The van der Waals surface area contributed by atoms with E-state index in [0.29, 0.717) is 15.6 Å². The summed E-state index contributed by atoms with van der Waals surface area (Å²) in [4.78, 5) is 24.5. The van der Waals surface area contributed by atoms with Crippen LogP contribution in [0.25, 0.3) is 11.2 Å². The fourth-order valence-corrected chi connectivity index (χ4v) is 1.35. The first-order valence-electron chi connectivity index (χ1n) is 4.23. The van der Waals surface area contributed by atoms with Gasteiger partial charge in [0.05, 0.1) is 21.1 Å². The number of hydrogen-bond acceptors (Lipinski definition) is 3. The van der Waals surface area contributed by atoms with Gasteiger partial charge in [-0.3, -0.25) is 14.5 Å². The summed E-state index contributed by atoms with van der Waals surface area (Å²) in [7, 11) is 5.94. The van der Waals surface area contributed by atoms with E-state index in [1.807, 2.05) is 21.1 Å². The molecule has 2 rings (SSSR count). The van der Waals surface area contributed by atoms with Gasteiger partial charge in [-0.1, -0.05) is 0 Å². The standard InChI is InChI=1S/C8H11N5O/c1-13(2,3)7-5-6(9-4-10-7)12-8(14)11-5/h4H,1-3H3,(H-,9,10,11,12,14)/p+1. The maximum absolute atomic E-state index is 11.1. The Labute approximate surface area is 80.2 Å². The van der Waals surface area contributed by atoms with Crippen molar-refractivity contribution in [1.82, 2.24) is 24.4 Å². The fourth-order valence-electron chi connectivity index (χ4n) is 1.35. The zero-order valence-electron chi connectivity index (χ0n) is 8.33. The van der Waals surface area contributed by atoms with Gasteiger partial charge in [0.1, 0.15) is 6.33 Å². The van der Waals surface area contributed by atoms with Crippen LogP contribution in [0, 0.1) is 0 Å². The molecule has 2 aromatic heterocycles. The highest BCUT2D eigenvalue weighted by molar-refractivity contribution is 5.81. The molecule has 14 heavy (non-hydrogen) atoms. The number of nitrogens with one attached hydrogen (secondary N) is 2. The quantitative estimate of drug-likeness (QED) is 0.619. The molecule has 0 saturated carbocycles. The summed E-state index contributed by atoms with van der Waals surface area (Å²) in [5.41, 5.74) is 0.966. The molecule has 0 atom stereocenters. The molecule has 6 heteroatoms. The molecule has 0 aliphatic heterocycles. The second-order valence-corrected chi connectivity index (χ2v) is 4.01. The van der Waals surface area contributed by atoms with Gasteiger partial charge in [-0.2, -0.15) is 4.98 Å². The molecule has 0 aliphatic carbocycles. The van der Waals surface area contributed by atoms with E-state index in [9.17, 15) is 4.79 Å². The van der Waals surface area contributed by atoms with Crippen molar-refractivity contribution >= 4 is 17.0 Å². The molecule has 2 aromatic rings. The topological polar surface area (TPSA) is 74.4 Å². The predicted octanol–water partition coefficient (Wildman–Crippen LogP) is -0.157. The summed E-state index contributed by atoms with van der Waals surface area (Å²) in [6.45, 7) is 0. The van der Waals surface area contributed by atoms with Gasteiger partial charge in [0.2, 0.25) is 0 Å². The number of hydrogen-bond donors (Lipinski definition) is 2. The number of imidazole rings is 1. The minimum atomic E-state index is -0.254. The second kappa shape index (κ2) is 2.65. The largest absolute Gasteiger partial charge is 0.325 e. The lowest BCUT2D eigenvalue weighted by Gasteiger charge is -2.21.